The van der Waals surface area contributed by atoms with E-state index in [-0.39, 0.29) is 0 Å². The van der Waals surface area contributed by atoms with Gasteiger partial charge in [-0.2, -0.15) is 0 Å². The van der Waals surface area contributed by atoms with Crippen LogP contribution in [-0.2, 0) is 5.41 Å². The van der Waals surface area contributed by atoms with Crippen LogP contribution in [0.4, 0.5) is 0 Å². The van der Waals surface area contributed by atoms with Crippen molar-refractivity contribution < 1.29 is 0 Å². The highest BCUT2D eigenvalue weighted by Gasteiger charge is 2.37. The van der Waals surface area contributed by atoms with Crippen molar-refractivity contribution in [3.63, 3.8) is 0 Å². The third kappa shape index (κ3) is 2.43. The Kier molecular flexibility index (Phi) is 3.59. The Hall–Kier alpha value is -0.890. The van der Waals surface area contributed by atoms with Gasteiger partial charge in [-0.05, 0) is 43.0 Å². The molecule has 1 aliphatic carbocycles. The van der Waals surface area contributed by atoms with Gasteiger partial charge in [0.15, 0.2) is 0 Å². The molecular formula is C14H22N2. The van der Waals surface area contributed by atoms with Crippen LogP contribution >= 0.6 is 0 Å². The SMILES string of the molecule is CC(C)CNCC1(c2ccncc2)CCC1. The first-order valence-electron chi connectivity index (χ1n) is 6.34. The number of aromatic nitrogens is 1. The molecule has 1 fully saturated rings. The highest BCUT2D eigenvalue weighted by atomic mass is 14.9. The van der Waals surface area contributed by atoms with Crippen molar-refractivity contribution >= 4 is 0 Å². The van der Waals surface area contributed by atoms with Crippen LogP contribution in [0.25, 0.3) is 0 Å². The van der Waals surface area contributed by atoms with Crippen LogP contribution in [0.15, 0.2) is 24.5 Å². The minimum atomic E-state index is 0.401. The molecule has 0 amide bonds. The molecule has 88 valence electrons. The van der Waals surface area contributed by atoms with Gasteiger partial charge in [-0.25, -0.2) is 0 Å². The molecule has 0 atom stereocenters. The summed E-state index contributed by atoms with van der Waals surface area (Å²) in [5.41, 5.74) is 1.86. The van der Waals surface area contributed by atoms with E-state index in [1.54, 1.807) is 0 Å². The fourth-order valence-corrected chi connectivity index (χ4v) is 2.48. The summed E-state index contributed by atoms with van der Waals surface area (Å²) in [6.45, 7) is 6.75. The Labute approximate surface area is 98.5 Å². The van der Waals surface area contributed by atoms with Crippen molar-refractivity contribution in [1.82, 2.24) is 10.3 Å². The smallest absolute Gasteiger partial charge is 0.0270 e. The quantitative estimate of drug-likeness (QED) is 0.822. The first kappa shape index (κ1) is 11.6. The zero-order valence-electron chi connectivity index (χ0n) is 10.4. The molecular weight excluding hydrogens is 196 g/mol. The van der Waals surface area contributed by atoms with Gasteiger partial charge in [0.05, 0.1) is 0 Å². The predicted molar refractivity (Wildman–Crippen MR) is 67.5 cm³/mol. The van der Waals surface area contributed by atoms with Gasteiger partial charge < -0.3 is 5.32 Å². The minimum Gasteiger partial charge on any atom is -0.316 e. The summed E-state index contributed by atoms with van der Waals surface area (Å²) in [6.07, 6.45) is 7.84. The summed E-state index contributed by atoms with van der Waals surface area (Å²) in [4.78, 5) is 4.11. The fraction of sp³-hybridized carbons (Fsp3) is 0.643. The van der Waals surface area contributed by atoms with E-state index in [4.69, 9.17) is 0 Å². The molecule has 1 saturated carbocycles. The van der Waals surface area contributed by atoms with Crippen molar-refractivity contribution in [3.05, 3.63) is 30.1 Å². The summed E-state index contributed by atoms with van der Waals surface area (Å²) in [7, 11) is 0. The van der Waals surface area contributed by atoms with Crippen molar-refractivity contribution in [2.45, 2.75) is 38.5 Å². The number of hydrogen-bond donors (Lipinski definition) is 1. The van der Waals surface area contributed by atoms with Crippen LogP contribution < -0.4 is 5.32 Å². The van der Waals surface area contributed by atoms with Gasteiger partial charge in [0.1, 0.15) is 0 Å². The second kappa shape index (κ2) is 4.96. The Bertz CT molecular complexity index is 315. The monoisotopic (exact) mass is 218 g/mol. The summed E-state index contributed by atoms with van der Waals surface area (Å²) in [6, 6.07) is 4.35. The average molecular weight is 218 g/mol. The third-order valence-corrected chi connectivity index (χ3v) is 3.62. The van der Waals surface area contributed by atoms with Crippen molar-refractivity contribution in [3.8, 4) is 0 Å². The third-order valence-electron chi connectivity index (χ3n) is 3.62. The highest BCUT2D eigenvalue weighted by Crippen LogP contribution is 2.42. The lowest BCUT2D eigenvalue weighted by Gasteiger charge is -2.43. The van der Waals surface area contributed by atoms with E-state index in [1.807, 2.05) is 12.4 Å². The molecule has 1 aliphatic rings. The van der Waals surface area contributed by atoms with Gasteiger partial charge in [-0.15, -0.1) is 0 Å². The molecule has 0 bridgehead atoms. The summed E-state index contributed by atoms with van der Waals surface area (Å²) >= 11 is 0. The molecule has 16 heavy (non-hydrogen) atoms. The summed E-state index contributed by atoms with van der Waals surface area (Å²) in [5.74, 6) is 0.731. The molecule has 1 aromatic rings. The maximum atomic E-state index is 4.11. The summed E-state index contributed by atoms with van der Waals surface area (Å²) < 4.78 is 0. The first-order chi connectivity index (χ1) is 7.73. The molecule has 2 rings (SSSR count). The van der Waals surface area contributed by atoms with E-state index >= 15 is 0 Å². The molecule has 0 unspecified atom stereocenters. The van der Waals surface area contributed by atoms with E-state index in [0.29, 0.717) is 5.41 Å². The maximum Gasteiger partial charge on any atom is 0.0270 e. The zero-order valence-corrected chi connectivity index (χ0v) is 10.4. The minimum absolute atomic E-state index is 0.401. The van der Waals surface area contributed by atoms with E-state index < -0.39 is 0 Å². The topological polar surface area (TPSA) is 24.9 Å². The van der Waals surface area contributed by atoms with Crippen LogP contribution in [0.5, 0.6) is 0 Å². The largest absolute Gasteiger partial charge is 0.316 e. The Morgan fingerprint density at radius 1 is 1.31 bits per heavy atom. The average Bonchev–Trinajstić information content (AvgIpc) is 2.23. The maximum absolute atomic E-state index is 4.11. The van der Waals surface area contributed by atoms with Gasteiger partial charge in [-0.1, -0.05) is 20.3 Å². The second-order valence-corrected chi connectivity index (χ2v) is 5.39. The van der Waals surface area contributed by atoms with Crippen LogP contribution in [0.2, 0.25) is 0 Å². The van der Waals surface area contributed by atoms with E-state index in [1.165, 1.54) is 24.8 Å². The molecule has 0 aliphatic heterocycles. The number of nitrogens with one attached hydrogen (secondary N) is 1. The standard InChI is InChI=1S/C14H22N2/c1-12(2)10-16-11-14(6-3-7-14)13-4-8-15-9-5-13/h4-5,8-9,12,16H,3,6-7,10-11H2,1-2H3. The van der Waals surface area contributed by atoms with Gasteiger partial charge in [0.25, 0.3) is 0 Å². The predicted octanol–water partition coefficient (Wildman–Crippen LogP) is 2.75. The molecule has 2 heteroatoms. The second-order valence-electron chi connectivity index (χ2n) is 5.39. The van der Waals surface area contributed by atoms with Gasteiger partial charge >= 0.3 is 0 Å². The van der Waals surface area contributed by atoms with Crippen LogP contribution in [0, 0.1) is 5.92 Å². The normalized spacial score (nSPS) is 18.4. The van der Waals surface area contributed by atoms with Crippen LogP contribution in [-0.4, -0.2) is 18.1 Å². The molecule has 1 aromatic heterocycles. The van der Waals surface area contributed by atoms with Crippen molar-refractivity contribution in [2.24, 2.45) is 5.92 Å². The molecule has 2 nitrogen and oxygen atoms in total. The van der Waals surface area contributed by atoms with Crippen LogP contribution in [0.1, 0.15) is 38.7 Å². The van der Waals surface area contributed by atoms with Crippen molar-refractivity contribution in [1.29, 1.82) is 0 Å². The fourth-order valence-electron chi connectivity index (χ4n) is 2.48. The first-order valence-corrected chi connectivity index (χ1v) is 6.34. The van der Waals surface area contributed by atoms with E-state index in [9.17, 15) is 0 Å². The molecule has 0 radical (unpaired) electrons. The Balaban J connectivity index is 1.97. The van der Waals surface area contributed by atoms with Gasteiger partial charge in [0.2, 0.25) is 0 Å². The van der Waals surface area contributed by atoms with Gasteiger partial charge in [-0.3, -0.25) is 4.98 Å². The Morgan fingerprint density at radius 2 is 2.00 bits per heavy atom. The molecule has 0 aromatic carbocycles. The lowest BCUT2D eigenvalue weighted by atomic mass is 9.64. The number of nitrogens with zero attached hydrogens (tertiary/aromatic N) is 1. The van der Waals surface area contributed by atoms with Gasteiger partial charge in [0, 0.05) is 24.4 Å². The van der Waals surface area contributed by atoms with Crippen LogP contribution in [0.3, 0.4) is 0 Å². The zero-order chi connectivity index (χ0) is 11.4. The number of rotatable bonds is 5. The molecule has 0 saturated heterocycles. The molecule has 1 N–H and O–H groups in total. The molecule has 1 heterocycles. The lowest BCUT2D eigenvalue weighted by Crippen LogP contribution is -2.44. The van der Waals surface area contributed by atoms with E-state index in [2.05, 4.69) is 36.3 Å². The number of hydrogen-bond acceptors (Lipinski definition) is 2. The van der Waals surface area contributed by atoms with Crippen molar-refractivity contribution in [2.75, 3.05) is 13.1 Å². The Morgan fingerprint density at radius 3 is 2.50 bits per heavy atom. The lowest BCUT2D eigenvalue weighted by molar-refractivity contribution is 0.231. The highest BCUT2D eigenvalue weighted by molar-refractivity contribution is 5.26. The summed E-state index contributed by atoms with van der Waals surface area (Å²) in [5, 5.41) is 3.61. The number of pyridine rings is 1. The van der Waals surface area contributed by atoms with E-state index in [0.717, 1.165) is 19.0 Å². The molecule has 0 spiro atoms.